The van der Waals surface area contributed by atoms with E-state index in [1.54, 1.807) is 0 Å². The van der Waals surface area contributed by atoms with Gasteiger partial charge in [-0.25, -0.2) is 4.98 Å². The monoisotopic (exact) mass is 410 g/mol. The van der Waals surface area contributed by atoms with Crippen LogP contribution >= 0.6 is 11.3 Å². The molecule has 1 heterocycles. The number of rotatable bonds is 6. The third kappa shape index (κ3) is 3.86. The molecule has 0 saturated heterocycles. The SMILES string of the molecule is Cc1sc(NC(=O)[C@H]2[C@H](C(=O)O)[C@@H]3C=C[C@H]2C3)nc1-c1ccc(CC(C)C)cc1. The maximum Gasteiger partial charge on any atom is 0.307 e. The molecule has 1 fully saturated rings. The van der Waals surface area contributed by atoms with Crippen molar-refractivity contribution in [1.82, 2.24) is 4.98 Å². The summed E-state index contributed by atoms with van der Waals surface area (Å²) in [4.78, 5) is 30.2. The number of fused-ring (bicyclic) bond motifs is 2. The second-order valence-electron chi connectivity index (χ2n) is 8.55. The van der Waals surface area contributed by atoms with Crippen molar-refractivity contribution >= 4 is 28.3 Å². The van der Waals surface area contributed by atoms with Gasteiger partial charge in [0.05, 0.1) is 17.5 Å². The van der Waals surface area contributed by atoms with Crippen molar-refractivity contribution in [2.24, 2.45) is 29.6 Å². The highest BCUT2D eigenvalue weighted by Crippen LogP contribution is 2.48. The molecule has 0 unspecified atom stereocenters. The van der Waals surface area contributed by atoms with Crippen LogP contribution < -0.4 is 5.32 Å². The molecule has 1 aromatic carbocycles. The number of aromatic nitrogens is 1. The molecule has 29 heavy (non-hydrogen) atoms. The molecule has 2 aliphatic carbocycles. The number of carbonyl (C=O) groups excluding carboxylic acids is 1. The molecule has 2 N–H and O–H groups in total. The highest BCUT2D eigenvalue weighted by atomic mass is 32.1. The number of carboxylic acid groups (broad SMARTS) is 1. The number of hydrogen-bond acceptors (Lipinski definition) is 4. The van der Waals surface area contributed by atoms with Crippen LogP contribution in [0.2, 0.25) is 0 Å². The smallest absolute Gasteiger partial charge is 0.307 e. The van der Waals surface area contributed by atoms with E-state index in [0.717, 1.165) is 29.0 Å². The number of benzene rings is 1. The van der Waals surface area contributed by atoms with Crippen LogP contribution in [0.15, 0.2) is 36.4 Å². The fourth-order valence-electron chi connectivity index (χ4n) is 4.69. The molecular formula is C23H26N2O3S. The molecule has 5 nitrogen and oxygen atoms in total. The highest BCUT2D eigenvalue weighted by molar-refractivity contribution is 7.16. The largest absolute Gasteiger partial charge is 0.481 e. The van der Waals surface area contributed by atoms with Gasteiger partial charge in [0.25, 0.3) is 0 Å². The number of carboxylic acids is 1. The van der Waals surface area contributed by atoms with Gasteiger partial charge in [-0.05, 0) is 43.1 Å². The van der Waals surface area contributed by atoms with Gasteiger partial charge in [0.1, 0.15) is 0 Å². The first-order valence-electron chi connectivity index (χ1n) is 10.1. The lowest BCUT2D eigenvalue weighted by atomic mass is 9.82. The molecule has 152 valence electrons. The van der Waals surface area contributed by atoms with E-state index in [-0.39, 0.29) is 17.7 Å². The number of amides is 1. The van der Waals surface area contributed by atoms with E-state index < -0.39 is 17.8 Å². The molecule has 2 aromatic rings. The molecule has 1 aromatic heterocycles. The Morgan fingerprint density at radius 2 is 1.83 bits per heavy atom. The Morgan fingerprint density at radius 1 is 1.17 bits per heavy atom. The van der Waals surface area contributed by atoms with E-state index in [2.05, 4.69) is 48.4 Å². The summed E-state index contributed by atoms with van der Waals surface area (Å²) in [6, 6.07) is 8.41. The van der Waals surface area contributed by atoms with Crippen LogP contribution in [0.4, 0.5) is 5.13 Å². The molecule has 0 radical (unpaired) electrons. The van der Waals surface area contributed by atoms with Crippen molar-refractivity contribution in [3.05, 3.63) is 46.9 Å². The topological polar surface area (TPSA) is 79.3 Å². The minimum absolute atomic E-state index is 0.00938. The first-order chi connectivity index (χ1) is 13.8. The molecule has 0 spiro atoms. The number of hydrogen-bond donors (Lipinski definition) is 2. The zero-order valence-corrected chi connectivity index (χ0v) is 17.7. The molecule has 1 saturated carbocycles. The minimum Gasteiger partial charge on any atom is -0.481 e. The first kappa shape index (κ1) is 19.8. The second kappa shape index (κ2) is 7.75. The number of anilines is 1. The van der Waals surface area contributed by atoms with E-state index >= 15 is 0 Å². The Kier molecular flexibility index (Phi) is 5.30. The summed E-state index contributed by atoms with van der Waals surface area (Å²) in [6.07, 6.45) is 5.73. The number of thiazole rings is 1. The predicted octanol–water partition coefficient (Wildman–Crippen LogP) is 4.78. The van der Waals surface area contributed by atoms with Crippen molar-refractivity contribution in [2.45, 2.75) is 33.6 Å². The number of aliphatic carboxylic acids is 1. The van der Waals surface area contributed by atoms with Crippen molar-refractivity contribution < 1.29 is 14.7 Å². The summed E-state index contributed by atoms with van der Waals surface area (Å²) in [5.74, 6) is -1.70. The Bertz CT molecular complexity index is 961. The molecule has 4 rings (SSSR count). The van der Waals surface area contributed by atoms with Gasteiger partial charge in [0.2, 0.25) is 5.91 Å². The summed E-state index contributed by atoms with van der Waals surface area (Å²) < 4.78 is 0. The summed E-state index contributed by atoms with van der Waals surface area (Å²) in [5.41, 5.74) is 3.19. The zero-order valence-electron chi connectivity index (χ0n) is 16.9. The Hall–Kier alpha value is -2.47. The van der Waals surface area contributed by atoms with Crippen molar-refractivity contribution in [3.8, 4) is 11.3 Å². The lowest BCUT2D eigenvalue weighted by molar-refractivity contribution is -0.146. The van der Waals surface area contributed by atoms with Crippen molar-refractivity contribution in [3.63, 3.8) is 0 Å². The number of allylic oxidation sites excluding steroid dienone is 2. The van der Waals surface area contributed by atoms with E-state index in [1.807, 2.05) is 19.1 Å². The third-order valence-corrected chi connectivity index (χ3v) is 6.83. The van der Waals surface area contributed by atoms with Gasteiger partial charge in [-0.1, -0.05) is 50.3 Å². The normalized spacial score (nSPS) is 25.0. The van der Waals surface area contributed by atoms with E-state index in [9.17, 15) is 14.7 Å². The quantitative estimate of drug-likeness (QED) is 0.672. The lowest BCUT2D eigenvalue weighted by Crippen LogP contribution is -2.36. The van der Waals surface area contributed by atoms with Gasteiger partial charge in [-0.15, -0.1) is 11.3 Å². The van der Waals surface area contributed by atoms with Gasteiger partial charge >= 0.3 is 5.97 Å². The fraction of sp³-hybridized carbons (Fsp3) is 0.435. The van der Waals surface area contributed by atoms with Gasteiger partial charge in [-0.2, -0.15) is 0 Å². The van der Waals surface area contributed by atoms with Gasteiger partial charge < -0.3 is 10.4 Å². The standard InChI is InChI=1S/C23H26N2O3S/c1-12(2)10-14-4-6-15(7-5-14)20-13(3)29-23(24-20)25-21(26)18-16-8-9-17(11-16)19(18)22(27)28/h4-9,12,16-19H,10-11H2,1-3H3,(H,27,28)(H,24,25,26)/t16-,17+,18+,19+/m0/s1. The maximum atomic E-state index is 12.9. The number of aryl methyl sites for hydroxylation is 1. The number of nitrogens with one attached hydrogen (secondary N) is 1. The van der Waals surface area contributed by atoms with Gasteiger partial charge in [0, 0.05) is 10.4 Å². The molecule has 2 aliphatic rings. The van der Waals surface area contributed by atoms with Crippen LogP contribution in [0.1, 0.15) is 30.7 Å². The third-order valence-electron chi connectivity index (χ3n) is 5.95. The summed E-state index contributed by atoms with van der Waals surface area (Å²) in [5, 5.41) is 13.0. The van der Waals surface area contributed by atoms with Crippen LogP contribution in [0.3, 0.4) is 0 Å². The molecule has 4 atom stereocenters. The van der Waals surface area contributed by atoms with Gasteiger partial charge in [0.15, 0.2) is 5.13 Å². The van der Waals surface area contributed by atoms with Crippen molar-refractivity contribution in [1.29, 1.82) is 0 Å². The minimum atomic E-state index is -0.889. The number of carbonyl (C=O) groups is 2. The van der Waals surface area contributed by atoms with Crippen molar-refractivity contribution in [2.75, 3.05) is 5.32 Å². The molecule has 6 heteroatoms. The second-order valence-corrected chi connectivity index (χ2v) is 9.75. The lowest BCUT2D eigenvalue weighted by Gasteiger charge is -2.23. The van der Waals surface area contributed by atoms with Gasteiger partial charge in [-0.3, -0.25) is 9.59 Å². The Balaban J connectivity index is 1.50. The van der Waals surface area contributed by atoms with Crippen LogP contribution in [0.5, 0.6) is 0 Å². The summed E-state index contributed by atoms with van der Waals surface area (Å²) in [7, 11) is 0. The average molecular weight is 411 g/mol. The zero-order chi connectivity index (χ0) is 20.7. The fourth-order valence-corrected chi connectivity index (χ4v) is 5.53. The predicted molar refractivity (Wildman–Crippen MR) is 115 cm³/mol. The summed E-state index contributed by atoms with van der Waals surface area (Å²) in [6.45, 7) is 6.40. The molecule has 0 aliphatic heterocycles. The average Bonchev–Trinajstić information content (AvgIpc) is 3.36. The Morgan fingerprint density at radius 3 is 2.45 bits per heavy atom. The number of nitrogens with zero attached hydrogens (tertiary/aromatic N) is 1. The first-order valence-corrected chi connectivity index (χ1v) is 10.9. The summed E-state index contributed by atoms with van der Waals surface area (Å²) >= 11 is 1.43. The van der Waals surface area contributed by atoms with E-state index in [1.165, 1.54) is 16.9 Å². The van der Waals surface area contributed by atoms with Crippen LogP contribution in [0.25, 0.3) is 11.3 Å². The molecule has 2 bridgehead atoms. The molecule has 1 amide bonds. The van der Waals surface area contributed by atoms with Crippen LogP contribution in [-0.4, -0.2) is 22.0 Å². The maximum absolute atomic E-state index is 12.9. The van der Waals surface area contributed by atoms with E-state index in [0.29, 0.717) is 11.0 Å². The van der Waals surface area contributed by atoms with E-state index in [4.69, 9.17) is 0 Å². The molecular weight excluding hydrogens is 384 g/mol. The highest BCUT2D eigenvalue weighted by Gasteiger charge is 2.51. The Labute approximate surface area is 174 Å². The van der Waals surface area contributed by atoms with Crippen LogP contribution in [-0.2, 0) is 16.0 Å². The van der Waals surface area contributed by atoms with Crippen LogP contribution in [0, 0.1) is 36.5 Å².